The molecule has 116 valence electrons. The molecular formula is C15H29N3O2. The molecule has 2 aliphatic heterocycles. The van der Waals surface area contributed by atoms with Crippen molar-refractivity contribution >= 4 is 5.91 Å². The number of hydrogen-bond acceptors (Lipinski definition) is 4. The molecule has 2 atom stereocenters. The summed E-state index contributed by atoms with van der Waals surface area (Å²) in [6, 6.07) is 1.35. The van der Waals surface area contributed by atoms with E-state index in [2.05, 4.69) is 22.6 Å². The number of rotatable bonds is 8. The smallest absolute Gasteiger partial charge is 0.220 e. The molecule has 2 heterocycles. The van der Waals surface area contributed by atoms with E-state index in [-0.39, 0.29) is 5.91 Å². The summed E-state index contributed by atoms with van der Waals surface area (Å²) < 4.78 is 5.03. The van der Waals surface area contributed by atoms with Gasteiger partial charge in [0.25, 0.3) is 0 Å². The fourth-order valence-electron chi connectivity index (χ4n) is 3.42. The molecule has 0 saturated carbocycles. The van der Waals surface area contributed by atoms with E-state index in [1.807, 2.05) is 0 Å². The second-order valence-corrected chi connectivity index (χ2v) is 6.33. The van der Waals surface area contributed by atoms with Crippen LogP contribution in [0, 0.1) is 5.92 Å². The first-order valence-electron chi connectivity index (χ1n) is 7.87. The lowest BCUT2D eigenvalue weighted by molar-refractivity contribution is -0.122. The van der Waals surface area contributed by atoms with Crippen LogP contribution in [0.1, 0.15) is 32.1 Å². The monoisotopic (exact) mass is 283 g/mol. The zero-order valence-electron chi connectivity index (χ0n) is 12.9. The molecule has 2 fully saturated rings. The van der Waals surface area contributed by atoms with Gasteiger partial charge in [-0.05, 0) is 38.6 Å². The average Bonchev–Trinajstić information content (AvgIpc) is 2.75. The molecule has 2 rings (SSSR count). The predicted octanol–water partition coefficient (Wildman–Crippen LogP) is 0.602. The van der Waals surface area contributed by atoms with E-state index in [0.717, 1.165) is 26.2 Å². The minimum Gasteiger partial charge on any atom is -0.383 e. The molecule has 5 nitrogen and oxygen atoms in total. The maximum Gasteiger partial charge on any atom is 0.220 e. The van der Waals surface area contributed by atoms with Gasteiger partial charge in [-0.15, -0.1) is 0 Å². The minimum atomic E-state index is 0.219. The second kappa shape index (κ2) is 7.96. The summed E-state index contributed by atoms with van der Waals surface area (Å²) in [5, 5.41) is 6.67. The highest BCUT2D eigenvalue weighted by Crippen LogP contribution is 2.32. The SMILES string of the molecule is COCCN(C)CCNC(=O)CC1CC2CCC(C1)N2. The number of fused-ring (bicyclic) bond motifs is 2. The van der Waals surface area contributed by atoms with Crippen molar-refractivity contribution in [2.75, 3.05) is 40.4 Å². The van der Waals surface area contributed by atoms with Crippen LogP contribution < -0.4 is 10.6 Å². The summed E-state index contributed by atoms with van der Waals surface area (Å²) in [5.74, 6) is 0.802. The lowest BCUT2D eigenvalue weighted by Gasteiger charge is -2.28. The van der Waals surface area contributed by atoms with Gasteiger partial charge in [-0.25, -0.2) is 0 Å². The van der Waals surface area contributed by atoms with Gasteiger partial charge in [0, 0.05) is 45.2 Å². The maximum atomic E-state index is 12.0. The summed E-state index contributed by atoms with van der Waals surface area (Å²) in [5.41, 5.74) is 0. The third-order valence-corrected chi connectivity index (χ3v) is 4.54. The van der Waals surface area contributed by atoms with E-state index in [4.69, 9.17) is 4.74 Å². The molecule has 2 bridgehead atoms. The Morgan fingerprint density at radius 3 is 2.65 bits per heavy atom. The topological polar surface area (TPSA) is 53.6 Å². The number of likely N-dealkylation sites (N-methyl/N-ethyl adjacent to an activating group) is 1. The number of nitrogens with zero attached hydrogens (tertiary/aromatic N) is 1. The molecular weight excluding hydrogens is 254 g/mol. The van der Waals surface area contributed by atoms with E-state index in [1.54, 1.807) is 7.11 Å². The van der Waals surface area contributed by atoms with Crippen LogP contribution in [0.3, 0.4) is 0 Å². The van der Waals surface area contributed by atoms with E-state index in [1.165, 1.54) is 25.7 Å². The van der Waals surface area contributed by atoms with Crippen molar-refractivity contribution in [1.82, 2.24) is 15.5 Å². The summed E-state index contributed by atoms with van der Waals surface area (Å²) in [4.78, 5) is 14.1. The summed E-state index contributed by atoms with van der Waals surface area (Å²) in [6.07, 6.45) is 5.66. The third kappa shape index (κ3) is 5.04. The van der Waals surface area contributed by atoms with Crippen molar-refractivity contribution in [3.05, 3.63) is 0 Å². The fourth-order valence-corrected chi connectivity index (χ4v) is 3.42. The molecule has 2 saturated heterocycles. The predicted molar refractivity (Wildman–Crippen MR) is 79.7 cm³/mol. The maximum absolute atomic E-state index is 12.0. The molecule has 0 aromatic rings. The van der Waals surface area contributed by atoms with Gasteiger partial charge >= 0.3 is 0 Å². The molecule has 2 N–H and O–H groups in total. The van der Waals surface area contributed by atoms with Crippen molar-refractivity contribution in [2.24, 2.45) is 5.92 Å². The van der Waals surface area contributed by atoms with E-state index in [9.17, 15) is 4.79 Å². The summed E-state index contributed by atoms with van der Waals surface area (Å²) in [7, 11) is 3.76. The van der Waals surface area contributed by atoms with Crippen molar-refractivity contribution in [1.29, 1.82) is 0 Å². The molecule has 2 aliphatic rings. The molecule has 20 heavy (non-hydrogen) atoms. The van der Waals surface area contributed by atoms with Gasteiger partial charge in [0.05, 0.1) is 6.61 Å². The Hall–Kier alpha value is -0.650. The number of nitrogens with one attached hydrogen (secondary N) is 2. The molecule has 0 aliphatic carbocycles. The zero-order chi connectivity index (χ0) is 14.4. The van der Waals surface area contributed by atoms with Crippen LogP contribution in [0.15, 0.2) is 0 Å². The molecule has 1 amide bonds. The van der Waals surface area contributed by atoms with E-state index < -0.39 is 0 Å². The van der Waals surface area contributed by atoms with Crippen LogP contribution in [-0.2, 0) is 9.53 Å². The van der Waals surface area contributed by atoms with Gasteiger partial charge in [-0.2, -0.15) is 0 Å². The normalized spacial score (nSPS) is 28.9. The lowest BCUT2D eigenvalue weighted by atomic mass is 9.89. The number of ether oxygens (including phenoxy) is 1. The highest BCUT2D eigenvalue weighted by Gasteiger charge is 2.33. The number of methoxy groups -OCH3 is 1. The summed E-state index contributed by atoms with van der Waals surface area (Å²) >= 11 is 0. The molecule has 0 spiro atoms. The van der Waals surface area contributed by atoms with Gasteiger partial charge in [-0.3, -0.25) is 4.79 Å². The number of hydrogen-bond donors (Lipinski definition) is 2. The van der Waals surface area contributed by atoms with Crippen molar-refractivity contribution in [3.8, 4) is 0 Å². The van der Waals surface area contributed by atoms with Gasteiger partial charge in [0.15, 0.2) is 0 Å². The molecule has 5 heteroatoms. The van der Waals surface area contributed by atoms with Crippen LogP contribution in [0.5, 0.6) is 0 Å². The highest BCUT2D eigenvalue weighted by molar-refractivity contribution is 5.76. The van der Waals surface area contributed by atoms with Crippen LogP contribution in [0.25, 0.3) is 0 Å². The minimum absolute atomic E-state index is 0.219. The zero-order valence-corrected chi connectivity index (χ0v) is 12.9. The number of amides is 1. The Bertz CT molecular complexity index is 299. The average molecular weight is 283 g/mol. The van der Waals surface area contributed by atoms with Crippen LogP contribution in [-0.4, -0.2) is 63.3 Å². The van der Waals surface area contributed by atoms with Gasteiger partial charge in [0.1, 0.15) is 0 Å². The molecule has 0 aromatic heterocycles. The Labute approximate surface area is 122 Å². The molecule has 0 radical (unpaired) electrons. The van der Waals surface area contributed by atoms with Gasteiger partial charge < -0.3 is 20.3 Å². The second-order valence-electron chi connectivity index (χ2n) is 6.33. The quantitative estimate of drug-likeness (QED) is 0.685. The number of carbonyl (C=O) groups excluding carboxylic acids is 1. The Balaban J connectivity index is 1.56. The first-order chi connectivity index (χ1) is 9.67. The Morgan fingerprint density at radius 2 is 2.00 bits per heavy atom. The number of carbonyl (C=O) groups is 1. The summed E-state index contributed by atoms with van der Waals surface area (Å²) in [6.45, 7) is 3.26. The third-order valence-electron chi connectivity index (χ3n) is 4.54. The Morgan fingerprint density at radius 1 is 1.30 bits per heavy atom. The first kappa shape index (κ1) is 15.7. The lowest BCUT2D eigenvalue weighted by Crippen LogP contribution is -2.40. The van der Waals surface area contributed by atoms with Gasteiger partial charge in [0.2, 0.25) is 5.91 Å². The van der Waals surface area contributed by atoms with Crippen LogP contribution in [0.2, 0.25) is 0 Å². The van der Waals surface area contributed by atoms with Crippen LogP contribution in [0.4, 0.5) is 0 Å². The Kier molecular flexibility index (Phi) is 6.26. The van der Waals surface area contributed by atoms with Crippen molar-refractivity contribution < 1.29 is 9.53 Å². The first-order valence-corrected chi connectivity index (χ1v) is 7.87. The van der Waals surface area contributed by atoms with Crippen LogP contribution >= 0.6 is 0 Å². The van der Waals surface area contributed by atoms with Crippen molar-refractivity contribution in [3.63, 3.8) is 0 Å². The van der Waals surface area contributed by atoms with Crippen molar-refractivity contribution in [2.45, 2.75) is 44.2 Å². The molecule has 2 unspecified atom stereocenters. The van der Waals surface area contributed by atoms with Gasteiger partial charge in [-0.1, -0.05) is 0 Å². The standard InChI is InChI=1S/C15H29N3O2/c1-18(7-8-20-2)6-5-16-15(19)11-12-9-13-3-4-14(10-12)17-13/h12-14,17H,3-11H2,1-2H3,(H,16,19). The fraction of sp³-hybridized carbons (Fsp3) is 0.933. The van der Waals surface area contributed by atoms with E-state index in [0.29, 0.717) is 24.4 Å². The van der Waals surface area contributed by atoms with E-state index >= 15 is 0 Å². The highest BCUT2D eigenvalue weighted by atomic mass is 16.5. The number of piperidine rings is 1. The largest absolute Gasteiger partial charge is 0.383 e. The molecule has 0 aromatic carbocycles.